The summed E-state index contributed by atoms with van der Waals surface area (Å²) in [7, 11) is 1.91. The second kappa shape index (κ2) is 6.73. The summed E-state index contributed by atoms with van der Waals surface area (Å²) in [5.41, 5.74) is 1.83. The molecule has 0 radical (unpaired) electrons. The molecule has 6 nitrogen and oxygen atoms in total. The Morgan fingerprint density at radius 1 is 1.20 bits per heavy atom. The smallest absolute Gasteiger partial charge is 0.418 e. The van der Waals surface area contributed by atoms with Crippen LogP contribution in [0.1, 0.15) is 20.8 Å². The molecule has 2 aromatic rings. The Hall–Kier alpha value is -1.99. The third-order valence-electron chi connectivity index (χ3n) is 4.48. The van der Waals surface area contributed by atoms with Crippen LogP contribution in [0.4, 0.5) is 10.5 Å². The van der Waals surface area contributed by atoms with Crippen LogP contribution < -0.4 is 10.5 Å². The minimum Gasteiger partial charge on any atom is -0.448 e. The fourth-order valence-electron chi connectivity index (χ4n) is 3.23. The minimum absolute atomic E-state index is 0.212. The molecule has 1 N–H and O–H groups in total. The van der Waals surface area contributed by atoms with Gasteiger partial charge in [0.2, 0.25) is 0 Å². The summed E-state index contributed by atoms with van der Waals surface area (Å²) in [5, 5.41) is 10.7. The molecule has 1 aromatic carbocycles. The summed E-state index contributed by atoms with van der Waals surface area (Å²) in [6, 6.07) is 7.83. The van der Waals surface area contributed by atoms with Crippen molar-refractivity contribution in [3.05, 3.63) is 24.3 Å². The molecule has 0 aliphatic carbocycles. The van der Waals surface area contributed by atoms with Crippen molar-refractivity contribution in [2.75, 3.05) is 38.1 Å². The van der Waals surface area contributed by atoms with Crippen LogP contribution in [0.2, 0.25) is 0 Å². The summed E-state index contributed by atoms with van der Waals surface area (Å²) in [4.78, 5) is 17.3. The fourth-order valence-corrected chi connectivity index (χ4v) is 3.23. The molecule has 1 saturated heterocycles. The van der Waals surface area contributed by atoms with Crippen LogP contribution in [0.15, 0.2) is 24.3 Å². The maximum absolute atomic E-state index is 12.7. The Bertz CT molecular complexity index is 774. The number of aromatic nitrogens is 1. The van der Waals surface area contributed by atoms with Crippen molar-refractivity contribution in [3.63, 3.8) is 0 Å². The highest BCUT2D eigenvalue weighted by Crippen LogP contribution is 2.28. The Morgan fingerprint density at radius 3 is 2.48 bits per heavy atom. The average molecular weight is 343 g/mol. The zero-order chi connectivity index (χ0) is 18.2. The zero-order valence-corrected chi connectivity index (χ0v) is 15.5. The van der Waals surface area contributed by atoms with Gasteiger partial charge in [0.05, 0.1) is 5.52 Å². The van der Waals surface area contributed by atoms with Crippen LogP contribution in [0, 0.1) is 0 Å². The number of hydrogen-bond donors (Lipinski definition) is 1. The first-order valence-electron chi connectivity index (χ1n) is 8.71. The molecule has 1 aliphatic rings. The number of anilines is 1. The summed E-state index contributed by atoms with van der Waals surface area (Å²) in [6.45, 7) is 9.43. The summed E-state index contributed by atoms with van der Waals surface area (Å²) in [5.74, 6) is 0. The molecule has 7 heteroatoms. The van der Waals surface area contributed by atoms with Gasteiger partial charge in [0, 0.05) is 42.8 Å². The van der Waals surface area contributed by atoms with E-state index in [1.165, 1.54) is 4.57 Å². The van der Waals surface area contributed by atoms with E-state index in [2.05, 4.69) is 22.9 Å². The van der Waals surface area contributed by atoms with Crippen LogP contribution in [-0.4, -0.2) is 66.9 Å². The summed E-state index contributed by atoms with van der Waals surface area (Å²) in [6.07, 6.45) is -0.456. The first-order chi connectivity index (χ1) is 11.8. The second-order valence-corrected chi connectivity index (χ2v) is 7.61. The first kappa shape index (κ1) is 17.8. The largest absolute Gasteiger partial charge is 0.448 e. The highest BCUT2D eigenvalue weighted by molar-refractivity contribution is 6.46. The quantitative estimate of drug-likeness (QED) is 0.829. The third kappa shape index (κ3) is 3.67. The van der Waals surface area contributed by atoms with Crippen LogP contribution >= 0.6 is 0 Å². The number of carbonyl (C=O) groups is 1. The minimum atomic E-state index is -0.588. The van der Waals surface area contributed by atoms with Gasteiger partial charge in [-0.3, -0.25) is 4.57 Å². The molecule has 2 heterocycles. The molecule has 1 fully saturated rings. The molecule has 0 spiro atoms. The third-order valence-corrected chi connectivity index (χ3v) is 4.48. The van der Waals surface area contributed by atoms with Crippen LogP contribution in [0.25, 0.3) is 10.9 Å². The van der Waals surface area contributed by atoms with Gasteiger partial charge >= 0.3 is 13.6 Å². The zero-order valence-electron chi connectivity index (χ0n) is 15.5. The lowest BCUT2D eigenvalue weighted by molar-refractivity contribution is 0.0549. The standard InChI is InChI=1S/C18H26BN3O3/c1-18(2,3)25-17(23)22-15-7-5-6-14(13(15)12-16(22)19-24)21-10-8-20(4)9-11-21/h5-7,12,19,24H,8-11H2,1-4H3. The molecule has 0 bridgehead atoms. The van der Waals surface area contributed by atoms with Crippen molar-refractivity contribution in [1.82, 2.24) is 9.47 Å². The maximum atomic E-state index is 12.7. The molecule has 0 unspecified atom stereocenters. The SMILES string of the molecule is CN1CCN(c2cccc3c2cc(BO)n3C(=O)OC(C)(C)C)CC1. The number of nitrogens with zero attached hydrogens (tertiary/aromatic N) is 3. The molecule has 1 aliphatic heterocycles. The van der Waals surface area contributed by atoms with E-state index in [1.54, 1.807) is 0 Å². The van der Waals surface area contributed by atoms with E-state index in [4.69, 9.17) is 4.74 Å². The van der Waals surface area contributed by atoms with Gasteiger partial charge in [-0.15, -0.1) is 0 Å². The van der Waals surface area contributed by atoms with Crippen LogP contribution in [0.5, 0.6) is 0 Å². The highest BCUT2D eigenvalue weighted by atomic mass is 16.6. The van der Waals surface area contributed by atoms with Gasteiger partial charge in [-0.1, -0.05) is 6.07 Å². The summed E-state index contributed by atoms with van der Waals surface area (Å²) >= 11 is 0. The normalized spacial score (nSPS) is 16.3. The van der Waals surface area contributed by atoms with E-state index in [1.807, 2.05) is 39.0 Å². The van der Waals surface area contributed by atoms with Crippen molar-refractivity contribution in [2.24, 2.45) is 0 Å². The van der Waals surface area contributed by atoms with E-state index < -0.39 is 11.7 Å². The number of piperazine rings is 1. The predicted molar refractivity (Wildman–Crippen MR) is 102 cm³/mol. The Balaban J connectivity index is 2.04. The lowest BCUT2D eigenvalue weighted by Gasteiger charge is -2.34. The van der Waals surface area contributed by atoms with Crippen molar-refractivity contribution in [2.45, 2.75) is 26.4 Å². The van der Waals surface area contributed by atoms with Crippen LogP contribution in [-0.2, 0) is 4.74 Å². The first-order valence-corrected chi connectivity index (χ1v) is 8.71. The van der Waals surface area contributed by atoms with Gasteiger partial charge in [-0.2, -0.15) is 0 Å². The second-order valence-electron chi connectivity index (χ2n) is 7.61. The van der Waals surface area contributed by atoms with E-state index >= 15 is 0 Å². The van der Waals surface area contributed by atoms with Crippen molar-refractivity contribution < 1.29 is 14.6 Å². The number of rotatable bonds is 2. The molecular formula is C18H26BN3O3. The van der Waals surface area contributed by atoms with Gasteiger partial charge in [0.1, 0.15) is 5.60 Å². The molecule has 134 valence electrons. The van der Waals surface area contributed by atoms with E-state index in [0.29, 0.717) is 5.59 Å². The van der Waals surface area contributed by atoms with Gasteiger partial charge in [0.25, 0.3) is 0 Å². The van der Waals surface area contributed by atoms with Crippen LogP contribution in [0.3, 0.4) is 0 Å². The maximum Gasteiger partial charge on any atom is 0.418 e. The molecule has 1 aromatic heterocycles. The van der Waals surface area contributed by atoms with Gasteiger partial charge in [-0.25, -0.2) is 4.79 Å². The van der Waals surface area contributed by atoms with Gasteiger partial charge in [0.15, 0.2) is 0 Å². The Labute approximate surface area is 149 Å². The van der Waals surface area contributed by atoms with Gasteiger partial charge in [-0.05, 0) is 46.0 Å². The van der Waals surface area contributed by atoms with E-state index in [-0.39, 0.29) is 7.48 Å². The van der Waals surface area contributed by atoms with Crippen molar-refractivity contribution in [3.8, 4) is 0 Å². The van der Waals surface area contributed by atoms with E-state index in [0.717, 1.165) is 42.8 Å². The number of hydrogen-bond acceptors (Lipinski definition) is 5. The highest BCUT2D eigenvalue weighted by Gasteiger charge is 2.24. The number of likely N-dealkylation sites (N-methyl/N-ethyl adjacent to an activating group) is 1. The molecule has 25 heavy (non-hydrogen) atoms. The molecular weight excluding hydrogens is 317 g/mol. The lowest BCUT2D eigenvalue weighted by Crippen LogP contribution is -2.44. The Kier molecular flexibility index (Phi) is 4.80. The predicted octanol–water partition coefficient (Wildman–Crippen LogP) is 1.15. The number of benzene rings is 1. The average Bonchev–Trinajstić information content (AvgIpc) is 2.92. The number of fused-ring (bicyclic) bond motifs is 1. The fraction of sp³-hybridized carbons (Fsp3) is 0.500. The molecule has 3 rings (SSSR count). The number of ether oxygens (including phenoxy) is 1. The molecule has 0 saturated carbocycles. The van der Waals surface area contributed by atoms with Gasteiger partial charge < -0.3 is 19.6 Å². The van der Waals surface area contributed by atoms with Crippen molar-refractivity contribution >= 4 is 35.8 Å². The number of carbonyl (C=O) groups excluding carboxylic acids is 1. The lowest BCUT2D eigenvalue weighted by atomic mass is 9.96. The topological polar surface area (TPSA) is 57.9 Å². The summed E-state index contributed by atoms with van der Waals surface area (Å²) < 4.78 is 7.01. The monoisotopic (exact) mass is 343 g/mol. The Morgan fingerprint density at radius 2 is 1.88 bits per heavy atom. The molecule has 0 amide bonds. The molecule has 0 atom stereocenters. The van der Waals surface area contributed by atoms with Crippen molar-refractivity contribution in [1.29, 1.82) is 0 Å². The van der Waals surface area contributed by atoms with E-state index in [9.17, 15) is 9.82 Å².